The summed E-state index contributed by atoms with van der Waals surface area (Å²) in [5.74, 6) is 1.66. The third-order valence-corrected chi connectivity index (χ3v) is 1.61. The second-order valence-corrected chi connectivity index (χ2v) is 3.35. The molecule has 0 fully saturated rings. The predicted octanol–water partition coefficient (Wildman–Crippen LogP) is 1.62. The Balaban J connectivity index is 0. The summed E-state index contributed by atoms with van der Waals surface area (Å²) < 4.78 is 11.8. The molecule has 0 bridgehead atoms. The third-order valence-electron chi connectivity index (χ3n) is 1.23. The third kappa shape index (κ3) is 15.9. The highest BCUT2D eigenvalue weighted by Crippen LogP contribution is 2.09. The molecule has 1 unspecified atom stereocenters. The number of ether oxygens (including phenoxy) is 2. The van der Waals surface area contributed by atoms with Crippen LogP contribution in [0.4, 0.5) is 4.79 Å². The van der Waals surface area contributed by atoms with Crippen LogP contribution in [0.5, 0.6) is 0 Å². The summed E-state index contributed by atoms with van der Waals surface area (Å²) in [4.78, 5) is 9.60. The first-order valence-electron chi connectivity index (χ1n) is 4.76. The molecule has 0 rings (SSSR count). The molecule has 0 saturated heterocycles. The summed E-state index contributed by atoms with van der Waals surface area (Å²) in [5.41, 5.74) is 4.54. The van der Waals surface area contributed by atoms with Crippen molar-refractivity contribution >= 4 is 28.7 Å². The van der Waals surface area contributed by atoms with Crippen LogP contribution in [0.3, 0.4) is 0 Å². The van der Waals surface area contributed by atoms with Gasteiger partial charge in [0.2, 0.25) is 0 Å². The van der Waals surface area contributed by atoms with Crippen molar-refractivity contribution in [1.29, 1.82) is 0 Å². The lowest BCUT2D eigenvalue weighted by Crippen LogP contribution is -2.27. The maximum absolute atomic E-state index is 9.60. The first kappa shape index (κ1) is 17.9. The standard InChI is InChI=1S/C7H11IO2.C3H7NO2/c1-3-10-7(2,9)5-4-6-8;1-2-6-3(4)5/h9H,3,5H2,1-2H3;2H2,1H3,(H2,4,5). The number of hydrogen-bond acceptors (Lipinski definition) is 4. The molecule has 0 aromatic rings. The van der Waals surface area contributed by atoms with Gasteiger partial charge in [-0.3, -0.25) is 0 Å². The van der Waals surface area contributed by atoms with Crippen molar-refractivity contribution in [3.63, 3.8) is 0 Å². The van der Waals surface area contributed by atoms with Gasteiger partial charge in [0.1, 0.15) is 0 Å². The van der Waals surface area contributed by atoms with Crippen LogP contribution in [0.25, 0.3) is 0 Å². The summed E-state index contributed by atoms with van der Waals surface area (Å²) in [7, 11) is 0. The van der Waals surface area contributed by atoms with Gasteiger partial charge in [-0.05, 0) is 24.7 Å². The van der Waals surface area contributed by atoms with Gasteiger partial charge < -0.3 is 20.3 Å². The molecule has 5 nitrogen and oxygen atoms in total. The van der Waals surface area contributed by atoms with Crippen LogP contribution in [0.15, 0.2) is 0 Å². The number of halogens is 1. The minimum Gasteiger partial charge on any atom is -0.450 e. The average Bonchev–Trinajstić information content (AvgIpc) is 2.15. The quantitative estimate of drug-likeness (QED) is 0.462. The molecule has 3 N–H and O–H groups in total. The van der Waals surface area contributed by atoms with Gasteiger partial charge in [-0.2, -0.15) is 0 Å². The lowest BCUT2D eigenvalue weighted by molar-refractivity contribution is -0.182. The SMILES string of the molecule is CCOC(C)(O)CC#CI.CCOC(N)=O. The molecule has 0 aromatic heterocycles. The minimum absolute atomic E-state index is 0.356. The summed E-state index contributed by atoms with van der Waals surface area (Å²) in [6.07, 6.45) is -0.346. The molecular weight excluding hydrogens is 325 g/mol. The second-order valence-electron chi connectivity index (χ2n) is 2.81. The van der Waals surface area contributed by atoms with Crippen molar-refractivity contribution in [3.8, 4) is 9.85 Å². The van der Waals surface area contributed by atoms with Gasteiger partial charge in [0, 0.05) is 29.2 Å². The Morgan fingerprint density at radius 2 is 2.06 bits per heavy atom. The van der Waals surface area contributed by atoms with Gasteiger partial charge in [0.05, 0.1) is 13.0 Å². The van der Waals surface area contributed by atoms with Crippen LogP contribution in [0, 0.1) is 9.85 Å². The highest BCUT2D eigenvalue weighted by molar-refractivity contribution is 14.1. The lowest BCUT2D eigenvalue weighted by Gasteiger charge is -2.19. The summed E-state index contributed by atoms with van der Waals surface area (Å²) in [6, 6.07) is 0. The topological polar surface area (TPSA) is 81.8 Å². The number of rotatable bonds is 4. The van der Waals surface area contributed by atoms with Gasteiger partial charge in [-0.1, -0.05) is 5.92 Å². The van der Waals surface area contributed by atoms with Crippen molar-refractivity contribution < 1.29 is 19.4 Å². The van der Waals surface area contributed by atoms with E-state index in [1.165, 1.54) is 0 Å². The molecule has 0 radical (unpaired) electrons. The van der Waals surface area contributed by atoms with Gasteiger partial charge in [0.15, 0.2) is 5.79 Å². The summed E-state index contributed by atoms with van der Waals surface area (Å²) >= 11 is 1.93. The van der Waals surface area contributed by atoms with Crippen LogP contribution >= 0.6 is 22.6 Å². The smallest absolute Gasteiger partial charge is 0.404 e. The van der Waals surface area contributed by atoms with E-state index in [4.69, 9.17) is 4.74 Å². The van der Waals surface area contributed by atoms with Crippen molar-refractivity contribution in [3.05, 3.63) is 0 Å². The molecule has 0 aromatic carbocycles. The van der Waals surface area contributed by atoms with E-state index in [1.54, 1.807) is 13.8 Å². The Bertz CT molecular complexity index is 245. The molecule has 1 amide bonds. The van der Waals surface area contributed by atoms with Crippen molar-refractivity contribution in [2.45, 2.75) is 33.0 Å². The zero-order valence-electron chi connectivity index (χ0n) is 9.75. The number of carbonyl (C=O) groups excluding carboxylic acids is 1. The zero-order valence-corrected chi connectivity index (χ0v) is 11.9. The molecule has 0 spiro atoms. The van der Waals surface area contributed by atoms with Crippen LogP contribution in [0.2, 0.25) is 0 Å². The molecule has 0 aliphatic rings. The van der Waals surface area contributed by atoms with E-state index in [1.807, 2.05) is 29.5 Å². The molecule has 0 heterocycles. The maximum atomic E-state index is 9.60. The zero-order chi connectivity index (χ0) is 13.0. The van der Waals surface area contributed by atoms with E-state index >= 15 is 0 Å². The molecule has 0 aliphatic carbocycles. The van der Waals surface area contributed by atoms with E-state index in [-0.39, 0.29) is 0 Å². The molecule has 0 saturated carbocycles. The first-order chi connectivity index (χ1) is 7.39. The summed E-state index contributed by atoms with van der Waals surface area (Å²) in [6.45, 7) is 6.01. The van der Waals surface area contributed by atoms with Gasteiger partial charge in [0.25, 0.3) is 0 Å². The summed E-state index contributed by atoms with van der Waals surface area (Å²) in [5, 5.41) is 9.32. The van der Waals surface area contributed by atoms with Crippen LogP contribution in [-0.4, -0.2) is 30.2 Å². The van der Waals surface area contributed by atoms with E-state index in [9.17, 15) is 9.90 Å². The van der Waals surface area contributed by atoms with Gasteiger partial charge in [-0.15, -0.1) is 0 Å². The van der Waals surface area contributed by atoms with E-state index in [0.29, 0.717) is 19.6 Å². The van der Waals surface area contributed by atoms with E-state index < -0.39 is 11.9 Å². The van der Waals surface area contributed by atoms with E-state index in [0.717, 1.165) is 0 Å². The normalized spacial score (nSPS) is 12.3. The Labute approximate surface area is 110 Å². The number of nitrogens with two attached hydrogens (primary N) is 1. The highest BCUT2D eigenvalue weighted by Gasteiger charge is 2.17. The number of aliphatic hydroxyl groups is 1. The fourth-order valence-electron chi connectivity index (χ4n) is 0.702. The van der Waals surface area contributed by atoms with Gasteiger partial charge in [-0.25, -0.2) is 4.79 Å². The molecule has 16 heavy (non-hydrogen) atoms. The molecule has 1 atom stereocenters. The number of amides is 1. The Hall–Kier alpha value is -0.520. The van der Waals surface area contributed by atoms with Crippen LogP contribution in [0.1, 0.15) is 27.2 Å². The Morgan fingerprint density at radius 3 is 2.31 bits per heavy atom. The van der Waals surface area contributed by atoms with Crippen LogP contribution in [-0.2, 0) is 9.47 Å². The van der Waals surface area contributed by atoms with Crippen molar-refractivity contribution in [2.24, 2.45) is 5.73 Å². The minimum atomic E-state index is -1.08. The largest absolute Gasteiger partial charge is 0.450 e. The first-order valence-corrected chi connectivity index (χ1v) is 5.84. The number of carbonyl (C=O) groups is 1. The maximum Gasteiger partial charge on any atom is 0.404 e. The van der Waals surface area contributed by atoms with Crippen molar-refractivity contribution in [1.82, 2.24) is 0 Å². The van der Waals surface area contributed by atoms with Gasteiger partial charge >= 0.3 is 6.09 Å². The average molecular weight is 343 g/mol. The molecular formula is C10H18INO4. The fraction of sp³-hybridized carbons (Fsp3) is 0.700. The highest BCUT2D eigenvalue weighted by atomic mass is 127. The lowest BCUT2D eigenvalue weighted by atomic mass is 10.2. The predicted molar refractivity (Wildman–Crippen MR) is 69.9 cm³/mol. The number of primary amides is 1. The second kappa shape index (κ2) is 11.0. The Morgan fingerprint density at radius 1 is 1.50 bits per heavy atom. The molecule has 94 valence electrons. The Kier molecular flexibility index (Phi) is 12.3. The van der Waals surface area contributed by atoms with E-state index in [2.05, 4.69) is 20.3 Å². The van der Waals surface area contributed by atoms with Crippen LogP contribution < -0.4 is 5.73 Å². The molecule has 0 aliphatic heterocycles. The number of hydrogen-bond donors (Lipinski definition) is 2. The monoisotopic (exact) mass is 343 g/mol. The van der Waals surface area contributed by atoms with Crippen molar-refractivity contribution in [2.75, 3.05) is 13.2 Å². The molecule has 6 heteroatoms. The fourth-order valence-corrected chi connectivity index (χ4v) is 0.892.